The SMILES string of the molecule is FC(F)c1cn2cc(Cl)ccc2n1. The van der Waals surface area contributed by atoms with Gasteiger partial charge in [0.25, 0.3) is 6.43 Å². The van der Waals surface area contributed by atoms with Crippen LogP contribution < -0.4 is 0 Å². The average molecular weight is 203 g/mol. The summed E-state index contributed by atoms with van der Waals surface area (Å²) in [5.41, 5.74) is 0.238. The van der Waals surface area contributed by atoms with Crippen LogP contribution in [0.15, 0.2) is 24.5 Å². The maximum Gasteiger partial charge on any atom is 0.281 e. The molecule has 68 valence electrons. The molecule has 0 aliphatic heterocycles. The number of hydrogen-bond donors (Lipinski definition) is 0. The van der Waals surface area contributed by atoms with E-state index in [0.717, 1.165) is 0 Å². The van der Waals surface area contributed by atoms with Crippen LogP contribution in [-0.4, -0.2) is 9.38 Å². The third-order valence-electron chi connectivity index (χ3n) is 1.66. The third-order valence-corrected chi connectivity index (χ3v) is 1.88. The van der Waals surface area contributed by atoms with Gasteiger partial charge in [-0.25, -0.2) is 13.8 Å². The molecule has 0 aliphatic rings. The molecule has 5 heteroatoms. The number of rotatable bonds is 1. The summed E-state index contributed by atoms with van der Waals surface area (Å²) in [5, 5.41) is 0.491. The number of pyridine rings is 1. The van der Waals surface area contributed by atoms with Gasteiger partial charge in [-0.15, -0.1) is 0 Å². The highest BCUT2D eigenvalue weighted by molar-refractivity contribution is 6.30. The molecular formula is C8H5ClF2N2. The maximum absolute atomic E-state index is 12.2. The molecule has 0 radical (unpaired) electrons. The minimum atomic E-state index is -2.54. The number of imidazole rings is 1. The molecule has 0 saturated heterocycles. The van der Waals surface area contributed by atoms with Gasteiger partial charge in [-0.1, -0.05) is 11.6 Å². The van der Waals surface area contributed by atoms with Crippen LogP contribution >= 0.6 is 11.6 Å². The quantitative estimate of drug-likeness (QED) is 0.695. The van der Waals surface area contributed by atoms with E-state index < -0.39 is 6.43 Å². The van der Waals surface area contributed by atoms with E-state index >= 15 is 0 Å². The van der Waals surface area contributed by atoms with Crippen molar-refractivity contribution in [1.82, 2.24) is 9.38 Å². The highest BCUT2D eigenvalue weighted by Gasteiger charge is 2.11. The first-order valence-corrected chi connectivity index (χ1v) is 3.97. The predicted molar refractivity (Wildman–Crippen MR) is 45.2 cm³/mol. The minimum absolute atomic E-state index is 0.234. The molecule has 2 nitrogen and oxygen atoms in total. The summed E-state index contributed by atoms with van der Waals surface area (Å²) >= 11 is 5.67. The molecule has 13 heavy (non-hydrogen) atoms. The Hall–Kier alpha value is -1.16. The summed E-state index contributed by atoms with van der Waals surface area (Å²) in [4.78, 5) is 3.71. The van der Waals surface area contributed by atoms with Gasteiger partial charge in [0.05, 0.1) is 5.02 Å². The fourth-order valence-electron chi connectivity index (χ4n) is 1.09. The molecule has 0 unspecified atom stereocenters. The van der Waals surface area contributed by atoms with E-state index in [4.69, 9.17) is 11.6 Å². The standard InChI is InChI=1S/C8H5ClF2N2/c9-5-1-2-7-12-6(8(10)11)4-13(7)3-5/h1-4,8H. The molecule has 0 saturated carbocycles. The highest BCUT2D eigenvalue weighted by Crippen LogP contribution is 2.19. The van der Waals surface area contributed by atoms with Crippen LogP contribution in [0.4, 0.5) is 8.78 Å². The second-order valence-electron chi connectivity index (χ2n) is 2.58. The van der Waals surface area contributed by atoms with Crippen molar-refractivity contribution in [1.29, 1.82) is 0 Å². The zero-order valence-corrected chi connectivity index (χ0v) is 7.17. The van der Waals surface area contributed by atoms with Crippen LogP contribution in [0, 0.1) is 0 Å². The largest absolute Gasteiger partial charge is 0.305 e. The van der Waals surface area contributed by atoms with Crippen LogP contribution in [0.5, 0.6) is 0 Å². The van der Waals surface area contributed by atoms with E-state index in [9.17, 15) is 8.78 Å². The van der Waals surface area contributed by atoms with Gasteiger partial charge in [-0.2, -0.15) is 0 Å². The number of hydrogen-bond acceptors (Lipinski definition) is 1. The summed E-state index contributed by atoms with van der Waals surface area (Å²) in [6, 6.07) is 3.20. The summed E-state index contributed by atoms with van der Waals surface area (Å²) in [7, 11) is 0. The van der Waals surface area contributed by atoms with Crippen LogP contribution in [0.2, 0.25) is 5.02 Å². The third kappa shape index (κ3) is 1.49. The van der Waals surface area contributed by atoms with Crippen LogP contribution in [0.3, 0.4) is 0 Å². The molecule has 0 aromatic carbocycles. The molecule has 0 N–H and O–H groups in total. The first kappa shape index (κ1) is 8.44. The van der Waals surface area contributed by atoms with Crippen molar-refractivity contribution in [2.45, 2.75) is 6.43 Å². The monoisotopic (exact) mass is 202 g/mol. The van der Waals surface area contributed by atoms with Gasteiger partial charge in [0.15, 0.2) is 0 Å². The lowest BCUT2D eigenvalue weighted by molar-refractivity contribution is 0.147. The summed E-state index contributed by atoms with van der Waals surface area (Å²) < 4.78 is 25.9. The van der Waals surface area contributed by atoms with Gasteiger partial charge >= 0.3 is 0 Å². The number of halogens is 3. The smallest absolute Gasteiger partial charge is 0.281 e. The molecule has 0 atom stereocenters. The molecule has 0 bridgehead atoms. The number of nitrogens with zero attached hydrogens (tertiary/aromatic N) is 2. The van der Waals surface area contributed by atoms with Crippen LogP contribution in [-0.2, 0) is 0 Å². The van der Waals surface area contributed by atoms with Crippen LogP contribution in [0.25, 0.3) is 5.65 Å². The molecule has 0 amide bonds. The van der Waals surface area contributed by atoms with E-state index in [2.05, 4.69) is 4.98 Å². The molecule has 2 rings (SSSR count). The van der Waals surface area contributed by atoms with Crippen molar-refractivity contribution in [2.75, 3.05) is 0 Å². The first-order valence-electron chi connectivity index (χ1n) is 3.59. The van der Waals surface area contributed by atoms with Gasteiger partial charge in [0.1, 0.15) is 11.3 Å². The van der Waals surface area contributed by atoms with Crippen molar-refractivity contribution < 1.29 is 8.78 Å². The minimum Gasteiger partial charge on any atom is -0.305 e. The Morgan fingerprint density at radius 1 is 1.31 bits per heavy atom. The zero-order valence-electron chi connectivity index (χ0n) is 6.42. The van der Waals surface area contributed by atoms with Crippen molar-refractivity contribution >= 4 is 17.2 Å². The highest BCUT2D eigenvalue weighted by atomic mass is 35.5. The van der Waals surface area contributed by atoms with Gasteiger partial charge < -0.3 is 4.40 Å². The normalized spacial score (nSPS) is 11.4. The Kier molecular flexibility index (Phi) is 1.92. The van der Waals surface area contributed by atoms with Crippen molar-refractivity contribution in [2.24, 2.45) is 0 Å². The van der Waals surface area contributed by atoms with E-state index in [1.165, 1.54) is 16.8 Å². The second-order valence-corrected chi connectivity index (χ2v) is 3.02. The Labute approximate surface area is 77.8 Å². The number of alkyl halides is 2. The van der Waals surface area contributed by atoms with Crippen LogP contribution in [0.1, 0.15) is 12.1 Å². The molecule has 2 aromatic rings. The lowest BCUT2D eigenvalue weighted by Crippen LogP contribution is -1.80. The molecule has 0 aliphatic carbocycles. The zero-order chi connectivity index (χ0) is 9.42. The summed E-state index contributed by atoms with van der Waals surface area (Å²) in [5.74, 6) is 0. The molecule has 0 spiro atoms. The summed E-state index contributed by atoms with van der Waals surface area (Å²) in [6.07, 6.45) is 0.264. The number of aromatic nitrogens is 2. The lowest BCUT2D eigenvalue weighted by Gasteiger charge is -1.91. The lowest BCUT2D eigenvalue weighted by atomic mass is 10.5. The van der Waals surface area contributed by atoms with E-state index in [-0.39, 0.29) is 5.69 Å². The fourth-order valence-corrected chi connectivity index (χ4v) is 1.26. The van der Waals surface area contributed by atoms with E-state index in [1.54, 1.807) is 12.1 Å². The van der Waals surface area contributed by atoms with E-state index in [0.29, 0.717) is 10.7 Å². The van der Waals surface area contributed by atoms with Gasteiger partial charge in [0.2, 0.25) is 0 Å². The molecule has 2 aromatic heterocycles. The van der Waals surface area contributed by atoms with Crippen molar-refractivity contribution in [3.8, 4) is 0 Å². The topological polar surface area (TPSA) is 17.3 Å². The molecular weight excluding hydrogens is 198 g/mol. The molecule has 0 fully saturated rings. The first-order chi connectivity index (χ1) is 6.16. The maximum atomic E-state index is 12.2. The second kappa shape index (κ2) is 2.96. The van der Waals surface area contributed by atoms with Crippen molar-refractivity contribution in [3.63, 3.8) is 0 Å². The van der Waals surface area contributed by atoms with E-state index in [1.807, 2.05) is 0 Å². The predicted octanol–water partition coefficient (Wildman–Crippen LogP) is 2.93. The average Bonchev–Trinajstić information content (AvgIpc) is 2.46. The van der Waals surface area contributed by atoms with Gasteiger partial charge in [-0.3, -0.25) is 0 Å². The fraction of sp³-hybridized carbons (Fsp3) is 0.125. The Bertz CT molecular complexity index is 439. The van der Waals surface area contributed by atoms with Gasteiger partial charge in [0, 0.05) is 12.4 Å². The Balaban J connectivity index is 2.62. The molecule has 2 heterocycles. The van der Waals surface area contributed by atoms with Gasteiger partial charge in [-0.05, 0) is 12.1 Å². The Morgan fingerprint density at radius 2 is 2.08 bits per heavy atom. The summed E-state index contributed by atoms with van der Waals surface area (Å²) in [6.45, 7) is 0. The Morgan fingerprint density at radius 3 is 2.77 bits per heavy atom. The van der Waals surface area contributed by atoms with Crippen molar-refractivity contribution in [3.05, 3.63) is 35.2 Å². The number of fused-ring (bicyclic) bond motifs is 1.